The summed E-state index contributed by atoms with van der Waals surface area (Å²) in [4.78, 5) is 18.8. The highest BCUT2D eigenvalue weighted by molar-refractivity contribution is 5.86. The van der Waals surface area contributed by atoms with E-state index in [0.29, 0.717) is 12.2 Å². The van der Waals surface area contributed by atoms with Crippen LogP contribution in [0.15, 0.2) is 30.6 Å². The van der Waals surface area contributed by atoms with Gasteiger partial charge in [-0.05, 0) is 30.5 Å². The number of carbonyl (C=O) groups is 1. The first-order valence-corrected chi connectivity index (χ1v) is 5.66. The van der Waals surface area contributed by atoms with Gasteiger partial charge in [0.15, 0.2) is 0 Å². The maximum Gasteiger partial charge on any atom is 0.338 e. The lowest BCUT2D eigenvalue weighted by atomic mass is 10.0. The summed E-state index contributed by atoms with van der Waals surface area (Å²) in [6, 6.07) is 6.21. The zero-order chi connectivity index (χ0) is 13.1. The second-order valence-electron chi connectivity index (χ2n) is 4.29. The molecule has 0 atom stereocenters. The fourth-order valence-electron chi connectivity index (χ4n) is 1.65. The molecule has 1 N–H and O–H groups in total. The number of rotatable bonds is 3. The van der Waals surface area contributed by atoms with Crippen molar-refractivity contribution in [3.05, 3.63) is 58.7 Å². The van der Waals surface area contributed by atoms with Crippen LogP contribution >= 0.6 is 0 Å². The topological polar surface area (TPSA) is 63.1 Å². The Morgan fingerprint density at radius 2 is 1.83 bits per heavy atom. The third-order valence-corrected chi connectivity index (χ3v) is 2.89. The van der Waals surface area contributed by atoms with Crippen molar-refractivity contribution in [2.75, 3.05) is 0 Å². The predicted molar refractivity (Wildman–Crippen MR) is 67.7 cm³/mol. The van der Waals surface area contributed by atoms with Gasteiger partial charge < -0.3 is 5.11 Å². The number of aryl methyl sites for hydroxylation is 2. The van der Waals surface area contributed by atoms with Crippen LogP contribution < -0.4 is 0 Å². The molecule has 18 heavy (non-hydrogen) atoms. The Kier molecular flexibility index (Phi) is 3.37. The lowest BCUT2D eigenvalue weighted by molar-refractivity contribution is 0.0696. The average molecular weight is 242 g/mol. The molecule has 0 spiro atoms. The van der Waals surface area contributed by atoms with Crippen LogP contribution in [-0.2, 0) is 6.42 Å². The smallest absolute Gasteiger partial charge is 0.338 e. The zero-order valence-electron chi connectivity index (χ0n) is 10.3. The maximum atomic E-state index is 10.7. The largest absolute Gasteiger partial charge is 0.478 e. The van der Waals surface area contributed by atoms with Gasteiger partial charge >= 0.3 is 5.97 Å². The lowest BCUT2D eigenvalue weighted by Gasteiger charge is -2.04. The van der Waals surface area contributed by atoms with Crippen LogP contribution in [0.1, 0.15) is 32.9 Å². The van der Waals surface area contributed by atoms with Crippen LogP contribution in [0.5, 0.6) is 0 Å². The summed E-state index contributed by atoms with van der Waals surface area (Å²) in [7, 11) is 0. The molecule has 0 aliphatic rings. The number of hydrogen-bond acceptors (Lipinski definition) is 3. The average Bonchev–Trinajstić information content (AvgIpc) is 2.34. The van der Waals surface area contributed by atoms with Crippen LogP contribution in [0.2, 0.25) is 0 Å². The highest BCUT2D eigenvalue weighted by Gasteiger charge is 2.05. The fraction of sp³-hybridized carbons (Fsp3) is 0.214. The van der Waals surface area contributed by atoms with Crippen molar-refractivity contribution in [2.45, 2.75) is 20.3 Å². The molecular formula is C14H14N2O2. The number of aromatic nitrogens is 2. The first kappa shape index (κ1) is 12.2. The van der Waals surface area contributed by atoms with E-state index in [0.717, 1.165) is 5.56 Å². The van der Waals surface area contributed by atoms with Crippen molar-refractivity contribution in [1.29, 1.82) is 0 Å². The van der Waals surface area contributed by atoms with Gasteiger partial charge in [-0.2, -0.15) is 0 Å². The van der Waals surface area contributed by atoms with E-state index >= 15 is 0 Å². The third kappa shape index (κ3) is 2.71. The molecule has 0 radical (unpaired) electrons. The van der Waals surface area contributed by atoms with E-state index in [1.54, 1.807) is 0 Å². The first-order valence-electron chi connectivity index (χ1n) is 5.66. The molecule has 0 saturated carbocycles. The van der Waals surface area contributed by atoms with Crippen molar-refractivity contribution in [2.24, 2.45) is 0 Å². The van der Waals surface area contributed by atoms with Crippen molar-refractivity contribution in [3.8, 4) is 0 Å². The number of nitrogens with zero attached hydrogens (tertiary/aromatic N) is 2. The van der Waals surface area contributed by atoms with E-state index in [1.165, 1.54) is 23.5 Å². The summed E-state index contributed by atoms with van der Waals surface area (Å²) in [5.41, 5.74) is 3.72. The van der Waals surface area contributed by atoms with Crippen molar-refractivity contribution < 1.29 is 9.90 Å². The molecule has 0 fully saturated rings. The highest BCUT2D eigenvalue weighted by atomic mass is 16.4. The Hall–Kier alpha value is -2.23. The molecule has 0 saturated heterocycles. The molecule has 4 heteroatoms. The third-order valence-electron chi connectivity index (χ3n) is 2.89. The van der Waals surface area contributed by atoms with Gasteiger partial charge in [0.2, 0.25) is 0 Å². The van der Waals surface area contributed by atoms with Gasteiger partial charge in [0, 0.05) is 18.8 Å². The molecule has 1 aromatic carbocycles. The molecule has 0 unspecified atom stereocenters. The SMILES string of the molecule is Cc1ccc(Cc2ncc(C(=O)O)cn2)cc1C. The van der Waals surface area contributed by atoms with E-state index in [1.807, 2.05) is 6.07 Å². The minimum Gasteiger partial charge on any atom is -0.478 e. The number of carboxylic acids is 1. The van der Waals surface area contributed by atoms with Gasteiger partial charge in [-0.25, -0.2) is 14.8 Å². The summed E-state index contributed by atoms with van der Waals surface area (Å²) in [5, 5.41) is 8.75. The Labute approximate surface area is 105 Å². The van der Waals surface area contributed by atoms with Crippen LogP contribution in [0.25, 0.3) is 0 Å². The maximum absolute atomic E-state index is 10.7. The standard InChI is InChI=1S/C14H14N2O2/c1-9-3-4-11(5-10(9)2)6-13-15-7-12(8-16-13)14(17)18/h3-5,7-8H,6H2,1-2H3,(H,17,18). The minimum absolute atomic E-state index is 0.110. The molecule has 1 heterocycles. The van der Waals surface area contributed by atoms with Gasteiger partial charge in [-0.3, -0.25) is 0 Å². The Bertz CT molecular complexity index is 577. The predicted octanol–water partition coefficient (Wildman–Crippen LogP) is 2.38. The first-order chi connectivity index (χ1) is 8.56. The molecule has 0 aliphatic carbocycles. The molecule has 2 aromatic rings. The van der Waals surface area contributed by atoms with E-state index < -0.39 is 5.97 Å². The number of benzene rings is 1. The van der Waals surface area contributed by atoms with Gasteiger partial charge in [-0.15, -0.1) is 0 Å². The summed E-state index contributed by atoms with van der Waals surface area (Å²) in [6.45, 7) is 4.13. The van der Waals surface area contributed by atoms with Gasteiger partial charge in [0.05, 0.1) is 5.56 Å². The highest BCUT2D eigenvalue weighted by Crippen LogP contribution is 2.12. The zero-order valence-corrected chi connectivity index (χ0v) is 10.3. The van der Waals surface area contributed by atoms with Crippen molar-refractivity contribution in [1.82, 2.24) is 9.97 Å². The molecule has 4 nitrogen and oxygen atoms in total. The lowest BCUT2D eigenvalue weighted by Crippen LogP contribution is -2.02. The van der Waals surface area contributed by atoms with E-state index in [2.05, 4.69) is 35.9 Å². The Morgan fingerprint density at radius 3 is 2.39 bits per heavy atom. The molecule has 1 aromatic heterocycles. The molecule has 0 aliphatic heterocycles. The summed E-state index contributed by atoms with van der Waals surface area (Å²) >= 11 is 0. The van der Waals surface area contributed by atoms with E-state index in [4.69, 9.17) is 5.11 Å². The summed E-state index contributed by atoms with van der Waals surface area (Å²) in [5.74, 6) is -0.379. The second-order valence-corrected chi connectivity index (χ2v) is 4.29. The fourth-order valence-corrected chi connectivity index (χ4v) is 1.65. The molecule has 2 rings (SSSR count). The normalized spacial score (nSPS) is 10.3. The van der Waals surface area contributed by atoms with Crippen molar-refractivity contribution >= 4 is 5.97 Å². The molecule has 0 amide bonds. The van der Waals surface area contributed by atoms with Crippen LogP contribution in [-0.4, -0.2) is 21.0 Å². The summed E-state index contributed by atoms with van der Waals surface area (Å²) in [6.07, 6.45) is 3.29. The van der Waals surface area contributed by atoms with Gasteiger partial charge in [0.25, 0.3) is 0 Å². The van der Waals surface area contributed by atoms with E-state index in [9.17, 15) is 4.79 Å². The van der Waals surface area contributed by atoms with Gasteiger partial charge in [0.1, 0.15) is 5.82 Å². The van der Waals surface area contributed by atoms with E-state index in [-0.39, 0.29) is 5.56 Å². The number of aromatic carboxylic acids is 1. The quantitative estimate of drug-likeness (QED) is 0.897. The molecule has 92 valence electrons. The molecular weight excluding hydrogens is 228 g/mol. The number of carboxylic acid groups (broad SMARTS) is 1. The van der Waals surface area contributed by atoms with Crippen LogP contribution in [0.3, 0.4) is 0 Å². The summed E-state index contributed by atoms with van der Waals surface area (Å²) < 4.78 is 0. The van der Waals surface area contributed by atoms with Crippen LogP contribution in [0.4, 0.5) is 0 Å². The van der Waals surface area contributed by atoms with Gasteiger partial charge in [-0.1, -0.05) is 18.2 Å². The van der Waals surface area contributed by atoms with Crippen molar-refractivity contribution in [3.63, 3.8) is 0 Å². The molecule has 0 bridgehead atoms. The Balaban J connectivity index is 2.18. The van der Waals surface area contributed by atoms with Crippen LogP contribution in [0, 0.1) is 13.8 Å². The Morgan fingerprint density at radius 1 is 1.17 bits per heavy atom. The monoisotopic (exact) mass is 242 g/mol. The minimum atomic E-state index is -1.01. The number of hydrogen-bond donors (Lipinski definition) is 1. The second kappa shape index (κ2) is 4.96.